The molecule has 0 amide bonds. The molecule has 4 nitrogen and oxygen atoms in total. The van der Waals surface area contributed by atoms with Crippen molar-refractivity contribution in [3.8, 4) is 11.3 Å². The molecule has 17 heavy (non-hydrogen) atoms. The van der Waals surface area contributed by atoms with E-state index in [-0.39, 0.29) is 0 Å². The maximum absolute atomic E-state index is 10.8. The fourth-order valence-electron chi connectivity index (χ4n) is 1.95. The normalized spacial score (nSPS) is 10.6. The lowest BCUT2D eigenvalue weighted by Crippen LogP contribution is -1.92. The summed E-state index contributed by atoms with van der Waals surface area (Å²) in [4.78, 5) is 12.0. The minimum Gasteiger partial charge on any atom is -0.147 e. The second-order valence-electron chi connectivity index (χ2n) is 3.70. The summed E-state index contributed by atoms with van der Waals surface area (Å²) in [6.45, 7) is 0. The van der Waals surface area contributed by atoms with E-state index in [1.807, 2.05) is 54.6 Å². The zero-order chi connectivity index (χ0) is 11.7. The van der Waals surface area contributed by atoms with E-state index in [0.717, 1.165) is 27.0 Å². The molecule has 4 heteroatoms. The van der Waals surface area contributed by atoms with Gasteiger partial charge in [-0.25, -0.2) is 0 Å². The Morgan fingerprint density at radius 1 is 0.941 bits per heavy atom. The molecule has 1 heterocycles. The van der Waals surface area contributed by atoms with Crippen molar-refractivity contribution in [3.63, 3.8) is 0 Å². The van der Waals surface area contributed by atoms with Gasteiger partial charge in [0.05, 0.1) is 10.8 Å². The molecule has 3 aromatic rings. The average Bonchev–Trinajstić information content (AvgIpc) is 2.78. The highest BCUT2D eigenvalue weighted by Gasteiger charge is 2.12. The van der Waals surface area contributed by atoms with Gasteiger partial charge in [-0.2, -0.15) is 0 Å². The van der Waals surface area contributed by atoms with Crippen LogP contribution in [0.1, 0.15) is 0 Å². The third-order valence-corrected chi connectivity index (χ3v) is 2.69. The molecule has 0 bridgehead atoms. The monoisotopic (exact) mass is 223 g/mol. The molecule has 0 radical (unpaired) electrons. The fraction of sp³-hybridized carbons (Fsp3) is 0. The third kappa shape index (κ3) is 1.50. The molecule has 0 unspecified atom stereocenters. The quantitative estimate of drug-likeness (QED) is 0.626. The SMILES string of the molecule is O=Nn1nc2ccccc2c1-c1ccccc1. The van der Waals surface area contributed by atoms with Gasteiger partial charge < -0.3 is 0 Å². The molecule has 3 rings (SSSR count). The van der Waals surface area contributed by atoms with E-state index in [1.165, 1.54) is 0 Å². The van der Waals surface area contributed by atoms with E-state index in [4.69, 9.17) is 0 Å². The van der Waals surface area contributed by atoms with Gasteiger partial charge in [-0.15, -0.1) is 14.8 Å². The Labute approximate surface area is 97.4 Å². The first-order chi connectivity index (χ1) is 8.40. The highest BCUT2D eigenvalue weighted by Crippen LogP contribution is 2.28. The standard InChI is InChI=1S/C13H9N3O/c17-15-16-13(10-6-2-1-3-7-10)11-8-4-5-9-12(11)14-16/h1-9H. The van der Waals surface area contributed by atoms with Gasteiger partial charge in [0.15, 0.2) is 0 Å². The van der Waals surface area contributed by atoms with Crippen LogP contribution in [-0.4, -0.2) is 9.89 Å². The predicted octanol–water partition coefficient (Wildman–Crippen LogP) is 3.23. The third-order valence-electron chi connectivity index (χ3n) is 2.69. The number of fused-ring (bicyclic) bond motifs is 1. The van der Waals surface area contributed by atoms with Crippen molar-refractivity contribution in [1.82, 2.24) is 9.89 Å². The van der Waals surface area contributed by atoms with Crippen LogP contribution in [0.5, 0.6) is 0 Å². The summed E-state index contributed by atoms with van der Waals surface area (Å²) in [6.07, 6.45) is 0. The number of hydrogen-bond acceptors (Lipinski definition) is 3. The number of aromatic nitrogens is 2. The molecule has 0 N–H and O–H groups in total. The molecule has 0 aliphatic carbocycles. The van der Waals surface area contributed by atoms with Gasteiger partial charge in [-0.1, -0.05) is 48.5 Å². The topological polar surface area (TPSA) is 47.2 Å². The Kier molecular flexibility index (Phi) is 2.19. The van der Waals surface area contributed by atoms with E-state index < -0.39 is 0 Å². The maximum Gasteiger partial charge on any atom is 0.106 e. The molecule has 0 fully saturated rings. The fourth-order valence-corrected chi connectivity index (χ4v) is 1.95. The first-order valence-corrected chi connectivity index (χ1v) is 5.27. The van der Waals surface area contributed by atoms with Gasteiger partial charge in [0.2, 0.25) is 0 Å². The van der Waals surface area contributed by atoms with Gasteiger partial charge in [0, 0.05) is 10.9 Å². The molecule has 0 saturated heterocycles. The van der Waals surface area contributed by atoms with Crippen molar-refractivity contribution in [2.24, 2.45) is 5.29 Å². The summed E-state index contributed by atoms with van der Waals surface area (Å²) in [5.41, 5.74) is 2.43. The Morgan fingerprint density at radius 3 is 2.41 bits per heavy atom. The van der Waals surface area contributed by atoms with Crippen molar-refractivity contribution < 1.29 is 0 Å². The van der Waals surface area contributed by atoms with Crippen LogP contribution in [0.25, 0.3) is 22.2 Å². The Bertz CT molecular complexity index is 673. The van der Waals surface area contributed by atoms with E-state index in [9.17, 15) is 4.91 Å². The van der Waals surface area contributed by atoms with E-state index >= 15 is 0 Å². The van der Waals surface area contributed by atoms with Crippen molar-refractivity contribution in [2.45, 2.75) is 0 Å². The number of benzene rings is 2. The van der Waals surface area contributed by atoms with Crippen molar-refractivity contribution in [2.75, 3.05) is 0 Å². The molecule has 0 aliphatic heterocycles. The Morgan fingerprint density at radius 2 is 1.65 bits per heavy atom. The molecule has 1 aromatic heterocycles. The Hall–Kier alpha value is -2.49. The lowest BCUT2D eigenvalue weighted by atomic mass is 10.1. The number of nitroso groups, excluding NO2 is 1. The number of nitrogens with zero attached hydrogens (tertiary/aromatic N) is 3. The highest BCUT2D eigenvalue weighted by molar-refractivity contribution is 5.93. The van der Waals surface area contributed by atoms with E-state index in [0.29, 0.717) is 0 Å². The molecular formula is C13H9N3O. The maximum atomic E-state index is 10.8. The largest absolute Gasteiger partial charge is 0.147 e. The number of rotatable bonds is 2. The van der Waals surface area contributed by atoms with Gasteiger partial charge in [-0.05, 0) is 6.07 Å². The average molecular weight is 223 g/mol. The van der Waals surface area contributed by atoms with Crippen LogP contribution in [0.4, 0.5) is 0 Å². The minimum absolute atomic E-state index is 0.733. The smallest absolute Gasteiger partial charge is 0.106 e. The lowest BCUT2D eigenvalue weighted by Gasteiger charge is -1.99. The van der Waals surface area contributed by atoms with E-state index in [1.54, 1.807) is 0 Å². The van der Waals surface area contributed by atoms with Gasteiger partial charge in [0.25, 0.3) is 0 Å². The van der Waals surface area contributed by atoms with Crippen LogP contribution >= 0.6 is 0 Å². The second-order valence-corrected chi connectivity index (χ2v) is 3.70. The number of hydrogen-bond donors (Lipinski definition) is 0. The first-order valence-electron chi connectivity index (χ1n) is 5.27. The first kappa shape index (κ1) is 9.72. The van der Waals surface area contributed by atoms with Crippen LogP contribution in [0.2, 0.25) is 0 Å². The predicted molar refractivity (Wildman–Crippen MR) is 66.4 cm³/mol. The van der Waals surface area contributed by atoms with Gasteiger partial charge in [-0.3, -0.25) is 0 Å². The molecule has 82 valence electrons. The van der Waals surface area contributed by atoms with E-state index in [2.05, 4.69) is 10.4 Å². The van der Waals surface area contributed by atoms with Crippen LogP contribution in [0.15, 0.2) is 59.9 Å². The molecule has 0 aliphatic rings. The second kappa shape index (κ2) is 3.83. The van der Waals surface area contributed by atoms with Crippen molar-refractivity contribution >= 4 is 10.9 Å². The summed E-state index contributed by atoms with van der Waals surface area (Å²) in [5, 5.41) is 8.01. The summed E-state index contributed by atoms with van der Waals surface area (Å²) >= 11 is 0. The molecule has 0 atom stereocenters. The summed E-state index contributed by atoms with van der Waals surface area (Å²) in [6, 6.07) is 17.3. The highest BCUT2D eigenvalue weighted by atomic mass is 16.3. The van der Waals surface area contributed by atoms with Crippen LogP contribution in [0, 0.1) is 4.91 Å². The summed E-state index contributed by atoms with van der Waals surface area (Å²) in [5.74, 6) is 0. The molecule has 0 spiro atoms. The minimum atomic E-state index is 0.733. The van der Waals surface area contributed by atoms with Crippen LogP contribution in [-0.2, 0) is 0 Å². The van der Waals surface area contributed by atoms with Crippen LogP contribution in [0.3, 0.4) is 0 Å². The summed E-state index contributed by atoms with van der Waals surface area (Å²) < 4.78 is 0. The summed E-state index contributed by atoms with van der Waals surface area (Å²) in [7, 11) is 0. The zero-order valence-corrected chi connectivity index (χ0v) is 8.95. The zero-order valence-electron chi connectivity index (χ0n) is 8.95. The van der Waals surface area contributed by atoms with Crippen LogP contribution < -0.4 is 0 Å². The van der Waals surface area contributed by atoms with Crippen molar-refractivity contribution in [1.29, 1.82) is 0 Å². The lowest BCUT2D eigenvalue weighted by molar-refractivity contribution is 0.751. The molecule has 2 aromatic carbocycles. The molecule has 0 saturated carbocycles. The van der Waals surface area contributed by atoms with Crippen molar-refractivity contribution in [3.05, 3.63) is 59.5 Å². The van der Waals surface area contributed by atoms with Gasteiger partial charge >= 0.3 is 0 Å². The molecular weight excluding hydrogens is 214 g/mol. The Balaban J connectivity index is 2.38. The van der Waals surface area contributed by atoms with Gasteiger partial charge in [0.1, 0.15) is 5.69 Å².